The van der Waals surface area contributed by atoms with Gasteiger partial charge in [-0.05, 0) is 93.3 Å². The Kier molecular flexibility index (Phi) is 5.15. The maximum absolute atomic E-state index is 13.5. The van der Waals surface area contributed by atoms with E-state index in [2.05, 4.69) is 33.1 Å². The van der Waals surface area contributed by atoms with Gasteiger partial charge >= 0.3 is 11.9 Å². The molecule has 4 saturated carbocycles. The maximum Gasteiger partial charge on any atom is 0.311 e. The minimum Gasteiger partial charge on any atom is -0.469 e. The summed E-state index contributed by atoms with van der Waals surface area (Å²) in [6.45, 7) is 15.6. The highest BCUT2D eigenvalue weighted by atomic mass is 28.4. The topological polar surface area (TPSA) is 61.8 Å². The van der Waals surface area contributed by atoms with Gasteiger partial charge < -0.3 is 13.9 Å². The number of hydrogen-bond donors (Lipinski definition) is 0. The first kappa shape index (κ1) is 23.0. The standard InChI is InChI=1S/C25H40O5Si/c1-16-14-24-15-25(16,30-31(6,7)8)13-10-17(24)22(2)11-9-12-23(3,21(27)29-5)19(22)18(24)20(26)28-4/h17-19H,1,9-15H2,2-8H3/t17-,18+,19-,22-,23+,24-,25-/m0/s1. The fraction of sp³-hybridized carbons (Fsp3) is 0.840. The van der Waals surface area contributed by atoms with Crippen molar-refractivity contribution < 1.29 is 23.5 Å². The van der Waals surface area contributed by atoms with Crippen molar-refractivity contribution in [3.63, 3.8) is 0 Å². The molecule has 0 aromatic rings. The van der Waals surface area contributed by atoms with Crippen molar-refractivity contribution in [2.45, 2.75) is 84.0 Å². The Morgan fingerprint density at radius 2 is 1.74 bits per heavy atom. The molecular formula is C25H40O5Si. The van der Waals surface area contributed by atoms with E-state index in [1.165, 1.54) is 14.2 Å². The van der Waals surface area contributed by atoms with Gasteiger partial charge in [-0.15, -0.1) is 0 Å². The highest BCUT2D eigenvalue weighted by molar-refractivity contribution is 6.69. The molecule has 0 amide bonds. The van der Waals surface area contributed by atoms with E-state index in [0.29, 0.717) is 5.92 Å². The van der Waals surface area contributed by atoms with Crippen LogP contribution in [0.2, 0.25) is 19.6 Å². The van der Waals surface area contributed by atoms with Gasteiger partial charge in [0.25, 0.3) is 0 Å². The van der Waals surface area contributed by atoms with E-state index in [9.17, 15) is 9.59 Å². The lowest BCUT2D eigenvalue weighted by Gasteiger charge is -2.51. The fourth-order valence-electron chi connectivity index (χ4n) is 8.93. The van der Waals surface area contributed by atoms with Gasteiger partial charge in [0.15, 0.2) is 8.32 Å². The van der Waals surface area contributed by atoms with Crippen molar-refractivity contribution in [3.8, 4) is 0 Å². The first-order chi connectivity index (χ1) is 14.3. The van der Waals surface area contributed by atoms with Crippen molar-refractivity contribution in [3.05, 3.63) is 12.2 Å². The highest BCUT2D eigenvalue weighted by Gasteiger charge is 2.77. The Bertz CT molecular complexity index is 817. The van der Waals surface area contributed by atoms with Crippen LogP contribution in [0, 0.1) is 34.0 Å². The molecule has 0 saturated heterocycles. The van der Waals surface area contributed by atoms with Gasteiger partial charge in [0, 0.05) is 0 Å². The predicted molar refractivity (Wildman–Crippen MR) is 122 cm³/mol. The van der Waals surface area contributed by atoms with Crippen LogP contribution in [0.1, 0.15) is 58.8 Å². The maximum atomic E-state index is 13.5. The van der Waals surface area contributed by atoms with Crippen molar-refractivity contribution in [1.82, 2.24) is 0 Å². The van der Waals surface area contributed by atoms with Gasteiger partial charge in [0.05, 0.1) is 31.2 Å². The summed E-state index contributed by atoms with van der Waals surface area (Å²) in [4.78, 5) is 26.7. The summed E-state index contributed by atoms with van der Waals surface area (Å²) in [5, 5.41) is 0. The summed E-state index contributed by atoms with van der Waals surface area (Å²) in [7, 11) is 1.14. The van der Waals surface area contributed by atoms with Crippen molar-refractivity contribution >= 4 is 20.3 Å². The number of ether oxygens (including phenoxy) is 2. The second kappa shape index (κ2) is 6.93. The van der Waals surface area contributed by atoms with Crippen LogP contribution in [0.15, 0.2) is 12.2 Å². The minimum absolute atomic E-state index is 0.0905. The molecule has 0 N–H and O–H groups in total. The molecule has 0 heterocycles. The molecule has 0 unspecified atom stereocenters. The van der Waals surface area contributed by atoms with E-state index in [1.807, 2.05) is 6.92 Å². The molecule has 0 aliphatic heterocycles. The van der Waals surface area contributed by atoms with Crippen LogP contribution in [0.4, 0.5) is 0 Å². The molecule has 174 valence electrons. The van der Waals surface area contributed by atoms with Crippen LogP contribution in [-0.2, 0) is 23.5 Å². The smallest absolute Gasteiger partial charge is 0.311 e. The molecule has 2 bridgehead atoms. The van der Waals surface area contributed by atoms with Crippen LogP contribution in [-0.4, -0.2) is 40.1 Å². The third-order valence-electron chi connectivity index (χ3n) is 9.50. The first-order valence-corrected chi connectivity index (χ1v) is 15.3. The molecule has 7 atom stereocenters. The molecule has 0 radical (unpaired) electrons. The molecule has 31 heavy (non-hydrogen) atoms. The lowest BCUT2D eigenvalue weighted by atomic mass is 9.53. The SMILES string of the molecule is C=C1C[C@]23C[C@@]1(O[Si](C)(C)C)CC[C@H]2[C@]1(C)CCC[C@@](C)(C(=O)OC)[C@H]1[C@@H]3C(=O)OC. The number of fused-ring (bicyclic) bond motifs is 3. The van der Waals surface area contributed by atoms with Crippen molar-refractivity contribution in [2.24, 2.45) is 34.0 Å². The second-order valence-electron chi connectivity index (χ2n) is 12.2. The molecule has 4 rings (SSSR count). The van der Waals surface area contributed by atoms with Crippen LogP contribution >= 0.6 is 0 Å². The number of carbonyl (C=O) groups excluding carboxylic acids is 2. The van der Waals surface area contributed by atoms with Crippen molar-refractivity contribution in [1.29, 1.82) is 0 Å². The Morgan fingerprint density at radius 3 is 2.32 bits per heavy atom. The van der Waals surface area contributed by atoms with Crippen LogP contribution in [0.25, 0.3) is 0 Å². The number of methoxy groups -OCH3 is 2. The second-order valence-corrected chi connectivity index (χ2v) is 16.7. The number of esters is 2. The lowest BCUT2D eigenvalue weighted by molar-refractivity contribution is -0.170. The summed E-state index contributed by atoms with van der Waals surface area (Å²) in [6.07, 6.45) is 6.39. The Hall–Kier alpha value is -1.14. The third kappa shape index (κ3) is 2.96. The van der Waals surface area contributed by atoms with Gasteiger partial charge in [-0.25, -0.2) is 0 Å². The van der Waals surface area contributed by atoms with E-state index in [0.717, 1.165) is 50.5 Å². The largest absolute Gasteiger partial charge is 0.469 e. The van der Waals surface area contributed by atoms with Crippen LogP contribution in [0.3, 0.4) is 0 Å². The van der Waals surface area contributed by atoms with Crippen LogP contribution in [0.5, 0.6) is 0 Å². The van der Waals surface area contributed by atoms with E-state index in [1.54, 1.807) is 0 Å². The molecule has 1 spiro atoms. The molecule has 6 heteroatoms. The van der Waals surface area contributed by atoms with Gasteiger partial charge in [0.1, 0.15) is 0 Å². The predicted octanol–water partition coefficient (Wildman–Crippen LogP) is 5.11. The summed E-state index contributed by atoms with van der Waals surface area (Å²) in [6, 6.07) is 0. The summed E-state index contributed by atoms with van der Waals surface area (Å²) in [5.41, 5.74) is -0.220. The van der Waals surface area contributed by atoms with E-state index in [4.69, 9.17) is 13.9 Å². The average Bonchev–Trinajstić information content (AvgIpc) is 3.02. The zero-order valence-corrected chi connectivity index (χ0v) is 21.4. The highest BCUT2D eigenvalue weighted by Crippen LogP contribution is 2.78. The summed E-state index contributed by atoms with van der Waals surface area (Å²) < 4.78 is 17.6. The molecule has 0 aromatic carbocycles. The van der Waals surface area contributed by atoms with Gasteiger partial charge in [-0.2, -0.15) is 0 Å². The fourth-order valence-corrected chi connectivity index (χ4v) is 10.4. The Morgan fingerprint density at radius 1 is 1.06 bits per heavy atom. The molecule has 4 aliphatic carbocycles. The quantitative estimate of drug-likeness (QED) is 0.340. The van der Waals surface area contributed by atoms with Crippen LogP contribution < -0.4 is 0 Å². The summed E-state index contributed by atoms with van der Waals surface area (Å²) >= 11 is 0. The van der Waals surface area contributed by atoms with E-state index >= 15 is 0 Å². The average molecular weight is 449 g/mol. The molecule has 0 aromatic heterocycles. The molecule has 4 fully saturated rings. The molecular weight excluding hydrogens is 408 g/mol. The first-order valence-electron chi connectivity index (χ1n) is 11.8. The summed E-state index contributed by atoms with van der Waals surface area (Å²) in [5.74, 6) is -0.424. The number of hydrogen-bond acceptors (Lipinski definition) is 5. The third-order valence-corrected chi connectivity index (χ3v) is 10.5. The van der Waals surface area contributed by atoms with E-state index in [-0.39, 0.29) is 40.2 Å². The minimum atomic E-state index is -1.82. The normalized spacial score (nSPS) is 46.3. The zero-order chi connectivity index (χ0) is 23.0. The Labute approximate surface area is 188 Å². The van der Waals surface area contributed by atoms with Crippen molar-refractivity contribution in [2.75, 3.05) is 14.2 Å². The lowest BCUT2D eigenvalue weighted by Crippen LogP contribution is -2.51. The van der Waals surface area contributed by atoms with Gasteiger partial charge in [-0.3, -0.25) is 9.59 Å². The Balaban J connectivity index is 1.89. The monoisotopic (exact) mass is 448 g/mol. The van der Waals surface area contributed by atoms with Gasteiger partial charge in [0.2, 0.25) is 0 Å². The molecule has 4 aliphatic rings. The number of carbonyl (C=O) groups is 2. The van der Waals surface area contributed by atoms with E-state index < -0.39 is 13.7 Å². The molecule has 5 nitrogen and oxygen atoms in total. The van der Waals surface area contributed by atoms with Gasteiger partial charge in [-0.1, -0.05) is 19.9 Å². The number of rotatable bonds is 4. The zero-order valence-electron chi connectivity index (χ0n) is 20.4.